The molecule has 4 aromatic rings. The number of para-hydroxylation sites is 2. The van der Waals surface area contributed by atoms with Gasteiger partial charge < -0.3 is 18.9 Å². The van der Waals surface area contributed by atoms with Crippen LogP contribution in [0.15, 0.2) is 77.3 Å². The zero-order chi connectivity index (χ0) is 22.8. The highest BCUT2D eigenvalue weighted by molar-refractivity contribution is 9.10. The number of imidazole rings is 1. The smallest absolute Gasteiger partial charge is 0.227 e. The molecule has 1 amide bonds. The zero-order valence-electron chi connectivity index (χ0n) is 18.3. The van der Waals surface area contributed by atoms with Crippen molar-refractivity contribution in [2.24, 2.45) is 0 Å². The van der Waals surface area contributed by atoms with Crippen LogP contribution in [-0.2, 0) is 11.3 Å². The molecule has 2 heterocycles. The van der Waals surface area contributed by atoms with E-state index in [1.807, 2.05) is 71.6 Å². The standard InChI is InChI=1S/C26H24BrN3O3/c1-32-21-5-4-6-22(16-21)33-14-13-29-24-8-3-2-7-23(24)28-26(29)18-15-25(31)30(17-18)20-11-9-19(27)10-12-20/h2-12,16,18H,13-15,17H2,1H3. The van der Waals surface area contributed by atoms with Gasteiger partial charge in [-0.1, -0.05) is 34.1 Å². The topological polar surface area (TPSA) is 56.6 Å². The first kappa shape index (κ1) is 21.5. The maximum Gasteiger partial charge on any atom is 0.227 e. The average Bonchev–Trinajstić information content (AvgIpc) is 3.40. The molecule has 33 heavy (non-hydrogen) atoms. The van der Waals surface area contributed by atoms with E-state index in [1.165, 1.54) is 0 Å². The summed E-state index contributed by atoms with van der Waals surface area (Å²) in [7, 11) is 1.64. The van der Waals surface area contributed by atoms with Crippen LogP contribution in [-0.4, -0.2) is 35.7 Å². The number of anilines is 1. The molecule has 6 nitrogen and oxygen atoms in total. The third-order valence-electron chi connectivity index (χ3n) is 5.94. The Morgan fingerprint density at radius 3 is 2.64 bits per heavy atom. The van der Waals surface area contributed by atoms with Crippen LogP contribution in [0.3, 0.4) is 0 Å². The highest BCUT2D eigenvalue weighted by atomic mass is 79.9. The summed E-state index contributed by atoms with van der Waals surface area (Å²) in [5.74, 6) is 2.59. The Balaban J connectivity index is 1.38. The monoisotopic (exact) mass is 505 g/mol. The van der Waals surface area contributed by atoms with E-state index in [0.29, 0.717) is 26.1 Å². The van der Waals surface area contributed by atoms with Crippen molar-refractivity contribution < 1.29 is 14.3 Å². The van der Waals surface area contributed by atoms with E-state index in [1.54, 1.807) is 7.11 Å². The Labute approximate surface area is 200 Å². The van der Waals surface area contributed by atoms with Gasteiger partial charge in [0.25, 0.3) is 0 Å². The second-order valence-electron chi connectivity index (χ2n) is 8.02. The van der Waals surface area contributed by atoms with Gasteiger partial charge in [0.2, 0.25) is 5.91 Å². The highest BCUT2D eigenvalue weighted by Gasteiger charge is 2.34. The molecule has 1 aromatic heterocycles. The Bertz CT molecular complexity index is 1290. The number of aromatic nitrogens is 2. The summed E-state index contributed by atoms with van der Waals surface area (Å²) in [6, 6.07) is 23.5. The molecule has 0 radical (unpaired) electrons. The molecule has 1 aliphatic rings. The molecule has 0 aliphatic carbocycles. The fourth-order valence-electron chi connectivity index (χ4n) is 4.34. The number of ether oxygens (including phenoxy) is 2. The van der Waals surface area contributed by atoms with Crippen LogP contribution in [0.5, 0.6) is 11.5 Å². The van der Waals surface area contributed by atoms with Crippen LogP contribution in [0.25, 0.3) is 11.0 Å². The maximum atomic E-state index is 12.9. The number of halogens is 1. The van der Waals surface area contributed by atoms with E-state index in [4.69, 9.17) is 14.5 Å². The molecule has 0 N–H and O–H groups in total. The predicted molar refractivity (Wildman–Crippen MR) is 132 cm³/mol. The second kappa shape index (κ2) is 9.27. The largest absolute Gasteiger partial charge is 0.497 e. The van der Waals surface area contributed by atoms with E-state index in [9.17, 15) is 4.79 Å². The maximum absolute atomic E-state index is 12.9. The first-order valence-corrected chi connectivity index (χ1v) is 11.7. The van der Waals surface area contributed by atoms with Crippen LogP contribution < -0.4 is 14.4 Å². The Morgan fingerprint density at radius 1 is 1.03 bits per heavy atom. The van der Waals surface area contributed by atoms with Crippen molar-refractivity contribution in [2.75, 3.05) is 25.2 Å². The summed E-state index contributed by atoms with van der Waals surface area (Å²) < 4.78 is 14.5. The molecule has 0 saturated carbocycles. The van der Waals surface area contributed by atoms with Crippen LogP contribution in [0.4, 0.5) is 5.69 Å². The molecule has 1 fully saturated rings. The second-order valence-corrected chi connectivity index (χ2v) is 8.94. The molecule has 168 valence electrons. The van der Waals surface area contributed by atoms with Gasteiger partial charge >= 0.3 is 0 Å². The molecule has 0 spiro atoms. The normalized spacial score (nSPS) is 15.9. The van der Waals surface area contributed by atoms with E-state index >= 15 is 0 Å². The van der Waals surface area contributed by atoms with Gasteiger partial charge in [-0.05, 0) is 48.5 Å². The minimum atomic E-state index is 0.0189. The summed E-state index contributed by atoms with van der Waals surface area (Å²) in [5, 5.41) is 0. The summed E-state index contributed by atoms with van der Waals surface area (Å²) in [6.45, 7) is 1.73. The number of benzene rings is 3. The summed E-state index contributed by atoms with van der Waals surface area (Å²) in [4.78, 5) is 19.7. The molecule has 1 unspecified atom stereocenters. The SMILES string of the molecule is COc1cccc(OCCn2c(C3CC(=O)N(c4ccc(Br)cc4)C3)nc3ccccc32)c1. The van der Waals surface area contributed by atoms with Crippen molar-refractivity contribution >= 4 is 38.6 Å². The first-order chi connectivity index (χ1) is 16.1. The van der Waals surface area contributed by atoms with Gasteiger partial charge in [0, 0.05) is 35.1 Å². The average molecular weight is 506 g/mol. The molecule has 1 atom stereocenters. The molecule has 7 heteroatoms. The molecule has 5 rings (SSSR count). The number of hydrogen-bond acceptors (Lipinski definition) is 4. The number of carbonyl (C=O) groups is 1. The van der Waals surface area contributed by atoms with Crippen LogP contribution in [0, 0.1) is 0 Å². The van der Waals surface area contributed by atoms with Gasteiger partial charge in [0.1, 0.15) is 23.9 Å². The molecular formula is C26H24BrN3O3. The van der Waals surface area contributed by atoms with Crippen molar-refractivity contribution in [1.82, 2.24) is 9.55 Å². The van der Waals surface area contributed by atoms with E-state index in [-0.39, 0.29) is 11.8 Å². The number of hydrogen-bond donors (Lipinski definition) is 0. The molecule has 1 aliphatic heterocycles. The van der Waals surface area contributed by atoms with Gasteiger partial charge in [0.05, 0.1) is 24.7 Å². The van der Waals surface area contributed by atoms with Gasteiger partial charge in [-0.25, -0.2) is 4.98 Å². The van der Waals surface area contributed by atoms with Crippen molar-refractivity contribution in [3.8, 4) is 11.5 Å². The van der Waals surface area contributed by atoms with Crippen molar-refractivity contribution in [3.05, 3.63) is 83.1 Å². The third kappa shape index (κ3) is 4.46. The summed E-state index contributed by atoms with van der Waals surface area (Å²) in [5.41, 5.74) is 2.90. The van der Waals surface area contributed by atoms with E-state index < -0.39 is 0 Å². The number of fused-ring (bicyclic) bond motifs is 1. The van der Waals surface area contributed by atoms with Gasteiger partial charge in [-0.15, -0.1) is 0 Å². The minimum Gasteiger partial charge on any atom is -0.497 e. The molecule has 3 aromatic carbocycles. The number of amides is 1. The fourth-order valence-corrected chi connectivity index (χ4v) is 4.60. The Kier molecular flexibility index (Phi) is 6.05. The van der Waals surface area contributed by atoms with Gasteiger partial charge in [0.15, 0.2) is 0 Å². The lowest BCUT2D eigenvalue weighted by Crippen LogP contribution is -2.24. The third-order valence-corrected chi connectivity index (χ3v) is 6.47. The lowest BCUT2D eigenvalue weighted by molar-refractivity contribution is -0.117. The number of nitrogens with zero attached hydrogens (tertiary/aromatic N) is 3. The van der Waals surface area contributed by atoms with Crippen LogP contribution in [0.1, 0.15) is 18.2 Å². The first-order valence-electron chi connectivity index (χ1n) is 10.9. The molecule has 1 saturated heterocycles. The van der Waals surface area contributed by atoms with Crippen molar-refractivity contribution in [2.45, 2.75) is 18.9 Å². The Hall–Kier alpha value is -3.32. The number of carbonyl (C=O) groups excluding carboxylic acids is 1. The predicted octanol–water partition coefficient (Wildman–Crippen LogP) is 5.41. The lowest BCUT2D eigenvalue weighted by Gasteiger charge is -2.18. The quantitative estimate of drug-likeness (QED) is 0.337. The van der Waals surface area contributed by atoms with Crippen molar-refractivity contribution in [1.29, 1.82) is 0 Å². The summed E-state index contributed by atoms with van der Waals surface area (Å²) in [6.07, 6.45) is 0.441. The zero-order valence-corrected chi connectivity index (χ0v) is 19.9. The molecule has 0 bridgehead atoms. The van der Waals surface area contributed by atoms with Crippen molar-refractivity contribution in [3.63, 3.8) is 0 Å². The highest BCUT2D eigenvalue weighted by Crippen LogP contribution is 2.33. The van der Waals surface area contributed by atoms with Crippen LogP contribution in [0.2, 0.25) is 0 Å². The fraction of sp³-hybridized carbons (Fsp3) is 0.231. The number of methoxy groups -OCH3 is 1. The number of rotatable bonds is 7. The Morgan fingerprint density at radius 2 is 1.82 bits per heavy atom. The summed E-state index contributed by atoms with van der Waals surface area (Å²) >= 11 is 3.46. The van der Waals surface area contributed by atoms with Gasteiger partial charge in [-0.2, -0.15) is 0 Å². The van der Waals surface area contributed by atoms with E-state index in [2.05, 4.69) is 26.6 Å². The minimum absolute atomic E-state index is 0.0189. The van der Waals surface area contributed by atoms with Gasteiger partial charge in [-0.3, -0.25) is 4.79 Å². The van der Waals surface area contributed by atoms with E-state index in [0.717, 1.165) is 38.5 Å². The lowest BCUT2D eigenvalue weighted by atomic mass is 10.1. The molecular weight excluding hydrogens is 482 g/mol. The van der Waals surface area contributed by atoms with Crippen LogP contribution >= 0.6 is 15.9 Å².